The van der Waals surface area contributed by atoms with Crippen LogP contribution in [0.25, 0.3) is 0 Å². The Morgan fingerprint density at radius 3 is 2.74 bits per heavy atom. The summed E-state index contributed by atoms with van der Waals surface area (Å²) in [5.41, 5.74) is 1.20. The molecule has 2 heterocycles. The standard InChI is InChI=1S/C16H20N4O2S/c1-20(10-13-5-3-2-4-6-13)16-9-15(17-12-18-16)19-14-7-8-23(21,22)11-14/h2-6,9,12,14H,7-8,10-11H2,1H3,(H,17,18,19). The second kappa shape index (κ2) is 6.54. The lowest BCUT2D eigenvalue weighted by Gasteiger charge is -2.19. The summed E-state index contributed by atoms with van der Waals surface area (Å²) in [6, 6.07) is 11.9. The molecule has 2 aromatic rings. The molecular formula is C16H20N4O2S. The van der Waals surface area contributed by atoms with Gasteiger partial charge in [0.05, 0.1) is 11.5 Å². The average Bonchev–Trinajstić information content (AvgIpc) is 2.87. The van der Waals surface area contributed by atoms with Crippen molar-refractivity contribution in [1.29, 1.82) is 0 Å². The van der Waals surface area contributed by atoms with Crippen LogP contribution in [0.1, 0.15) is 12.0 Å². The Balaban J connectivity index is 1.67. The van der Waals surface area contributed by atoms with Gasteiger partial charge >= 0.3 is 0 Å². The quantitative estimate of drug-likeness (QED) is 0.898. The van der Waals surface area contributed by atoms with Gasteiger partial charge in [0.15, 0.2) is 9.84 Å². The van der Waals surface area contributed by atoms with Gasteiger partial charge in [0.25, 0.3) is 0 Å². The van der Waals surface area contributed by atoms with Crippen molar-refractivity contribution in [2.24, 2.45) is 0 Å². The second-order valence-electron chi connectivity index (χ2n) is 5.85. The lowest BCUT2D eigenvalue weighted by atomic mass is 10.2. The normalized spacial score (nSPS) is 19.4. The molecule has 122 valence electrons. The van der Waals surface area contributed by atoms with Crippen LogP contribution in [0.5, 0.6) is 0 Å². The van der Waals surface area contributed by atoms with Crippen molar-refractivity contribution < 1.29 is 8.42 Å². The summed E-state index contributed by atoms with van der Waals surface area (Å²) in [5.74, 6) is 1.88. The summed E-state index contributed by atoms with van der Waals surface area (Å²) in [6.07, 6.45) is 2.13. The Labute approximate surface area is 136 Å². The molecule has 0 saturated carbocycles. The van der Waals surface area contributed by atoms with Gasteiger partial charge < -0.3 is 10.2 Å². The zero-order valence-electron chi connectivity index (χ0n) is 13.0. The minimum atomic E-state index is -2.90. The molecule has 0 bridgehead atoms. The van der Waals surface area contributed by atoms with Gasteiger partial charge in [-0.1, -0.05) is 30.3 Å². The first-order valence-electron chi connectivity index (χ1n) is 7.56. The lowest BCUT2D eigenvalue weighted by molar-refractivity contribution is 0.602. The molecule has 1 saturated heterocycles. The Kier molecular flexibility index (Phi) is 4.47. The fourth-order valence-corrected chi connectivity index (χ4v) is 4.36. The van der Waals surface area contributed by atoms with Gasteiger partial charge in [0.2, 0.25) is 0 Å². The molecule has 7 heteroatoms. The highest BCUT2D eigenvalue weighted by molar-refractivity contribution is 7.91. The Hall–Kier alpha value is -2.15. The summed E-state index contributed by atoms with van der Waals surface area (Å²) < 4.78 is 23.1. The monoisotopic (exact) mass is 332 g/mol. The number of anilines is 2. The van der Waals surface area contributed by atoms with Gasteiger partial charge in [0, 0.05) is 25.7 Å². The molecule has 0 spiro atoms. The van der Waals surface area contributed by atoms with E-state index in [2.05, 4.69) is 27.4 Å². The molecular weight excluding hydrogens is 312 g/mol. The molecule has 1 aromatic heterocycles. The predicted octanol–water partition coefficient (Wildman–Crippen LogP) is 1.71. The van der Waals surface area contributed by atoms with Crippen molar-refractivity contribution in [2.75, 3.05) is 28.8 Å². The molecule has 23 heavy (non-hydrogen) atoms. The van der Waals surface area contributed by atoms with Crippen LogP contribution in [0.3, 0.4) is 0 Å². The van der Waals surface area contributed by atoms with E-state index < -0.39 is 9.84 Å². The van der Waals surface area contributed by atoms with E-state index >= 15 is 0 Å². The number of sulfone groups is 1. The number of rotatable bonds is 5. The summed E-state index contributed by atoms with van der Waals surface area (Å²) >= 11 is 0. The third kappa shape index (κ3) is 4.19. The number of benzene rings is 1. The topological polar surface area (TPSA) is 75.2 Å². The van der Waals surface area contributed by atoms with Gasteiger partial charge in [-0.15, -0.1) is 0 Å². The number of nitrogens with one attached hydrogen (secondary N) is 1. The maximum atomic E-state index is 11.5. The maximum Gasteiger partial charge on any atom is 0.152 e. The van der Waals surface area contributed by atoms with Crippen LogP contribution in [-0.4, -0.2) is 43.0 Å². The van der Waals surface area contributed by atoms with Gasteiger partial charge in [-0.3, -0.25) is 0 Å². The first-order valence-corrected chi connectivity index (χ1v) is 9.38. The van der Waals surface area contributed by atoms with E-state index in [9.17, 15) is 8.42 Å². The molecule has 1 aliphatic rings. The lowest BCUT2D eigenvalue weighted by Crippen LogP contribution is -2.22. The molecule has 1 atom stereocenters. The molecule has 3 rings (SSSR count). The molecule has 1 unspecified atom stereocenters. The third-order valence-corrected chi connectivity index (χ3v) is 5.66. The van der Waals surface area contributed by atoms with Crippen molar-refractivity contribution in [3.05, 3.63) is 48.3 Å². The highest BCUT2D eigenvalue weighted by Gasteiger charge is 2.28. The van der Waals surface area contributed by atoms with E-state index in [0.717, 1.165) is 12.4 Å². The molecule has 0 radical (unpaired) electrons. The maximum absolute atomic E-state index is 11.5. The summed E-state index contributed by atoms with van der Waals surface area (Å²) in [7, 11) is -0.928. The van der Waals surface area contributed by atoms with Crippen molar-refractivity contribution in [1.82, 2.24) is 9.97 Å². The third-order valence-electron chi connectivity index (χ3n) is 3.89. The van der Waals surface area contributed by atoms with E-state index in [-0.39, 0.29) is 17.5 Å². The largest absolute Gasteiger partial charge is 0.366 e. The second-order valence-corrected chi connectivity index (χ2v) is 8.08. The minimum Gasteiger partial charge on any atom is -0.366 e. The first kappa shape index (κ1) is 15.7. The SMILES string of the molecule is CN(Cc1ccccc1)c1cc(NC2CCS(=O)(=O)C2)ncn1. The van der Waals surface area contributed by atoms with Gasteiger partial charge in [-0.2, -0.15) is 0 Å². The van der Waals surface area contributed by atoms with E-state index in [1.54, 1.807) is 0 Å². The Bertz CT molecular complexity index is 765. The zero-order valence-corrected chi connectivity index (χ0v) is 13.8. The van der Waals surface area contributed by atoms with Crippen LogP contribution < -0.4 is 10.2 Å². The fourth-order valence-electron chi connectivity index (χ4n) is 2.69. The number of aromatic nitrogens is 2. The van der Waals surface area contributed by atoms with Crippen molar-refractivity contribution in [2.45, 2.75) is 19.0 Å². The molecule has 6 nitrogen and oxygen atoms in total. The highest BCUT2D eigenvalue weighted by atomic mass is 32.2. The molecule has 1 N–H and O–H groups in total. The van der Waals surface area contributed by atoms with Gasteiger partial charge in [-0.25, -0.2) is 18.4 Å². The predicted molar refractivity (Wildman–Crippen MR) is 91.3 cm³/mol. The van der Waals surface area contributed by atoms with E-state index in [4.69, 9.17) is 0 Å². The van der Waals surface area contributed by atoms with Gasteiger partial charge in [0.1, 0.15) is 18.0 Å². The van der Waals surface area contributed by atoms with Crippen LogP contribution in [0.4, 0.5) is 11.6 Å². The molecule has 1 fully saturated rings. The number of nitrogens with zero attached hydrogens (tertiary/aromatic N) is 3. The van der Waals surface area contributed by atoms with Gasteiger partial charge in [-0.05, 0) is 12.0 Å². The fraction of sp³-hybridized carbons (Fsp3) is 0.375. The smallest absolute Gasteiger partial charge is 0.152 e. The van der Waals surface area contributed by atoms with Crippen LogP contribution in [0, 0.1) is 0 Å². The summed E-state index contributed by atoms with van der Waals surface area (Å²) in [4.78, 5) is 10.5. The van der Waals surface area contributed by atoms with Crippen LogP contribution >= 0.6 is 0 Å². The highest BCUT2D eigenvalue weighted by Crippen LogP contribution is 2.19. The minimum absolute atomic E-state index is 0.0674. The van der Waals surface area contributed by atoms with Crippen molar-refractivity contribution in [3.8, 4) is 0 Å². The zero-order chi connectivity index (χ0) is 16.3. The Morgan fingerprint density at radius 2 is 2.04 bits per heavy atom. The molecule has 1 aliphatic heterocycles. The van der Waals surface area contributed by atoms with E-state index in [1.165, 1.54) is 11.9 Å². The molecule has 0 aliphatic carbocycles. The molecule has 1 aromatic carbocycles. The average molecular weight is 332 g/mol. The van der Waals surface area contributed by atoms with E-state index in [1.807, 2.05) is 36.2 Å². The summed E-state index contributed by atoms with van der Waals surface area (Å²) in [6.45, 7) is 0.745. The number of hydrogen-bond acceptors (Lipinski definition) is 6. The van der Waals surface area contributed by atoms with Crippen molar-refractivity contribution in [3.63, 3.8) is 0 Å². The van der Waals surface area contributed by atoms with Crippen LogP contribution in [0.2, 0.25) is 0 Å². The van der Waals surface area contributed by atoms with Crippen LogP contribution in [-0.2, 0) is 16.4 Å². The number of hydrogen-bond donors (Lipinski definition) is 1. The summed E-state index contributed by atoms with van der Waals surface area (Å²) in [5, 5.41) is 3.20. The first-order chi connectivity index (χ1) is 11.0. The van der Waals surface area contributed by atoms with Crippen LogP contribution in [0.15, 0.2) is 42.7 Å². The molecule has 0 amide bonds. The van der Waals surface area contributed by atoms with Crippen molar-refractivity contribution >= 4 is 21.5 Å². The Morgan fingerprint density at radius 1 is 1.26 bits per heavy atom. The van der Waals surface area contributed by atoms with E-state index in [0.29, 0.717) is 12.2 Å².